The molecule has 0 heterocycles. The number of hydrogen-bond acceptors (Lipinski definition) is 1. The van der Waals surface area contributed by atoms with Crippen LogP contribution >= 0.6 is 0 Å². The van der Waals surface area contributed by atoms with Crippen LogP contribution in [0.5, 0.6) is 0 Å². The quantitative estimate of drug-likeness (QED) is 0.804. The summed E-state index contributed by atoms with van der Waals surface area (Å²) in [5.41, 5.74) is 6.40. The highest BCUT2D eigenvalue weighted by molar-refractivity contribution is 5.21. The second-order valence-corrected chi connectivity index (χ2v) is 5.20. The average Bonchev–Trinajstić information content (AvgIpc) is 2.38. The molecule has 0 spiro atoms. The number of rotatable bonds is 2. The average molecular weight is 275 g/mol. The molecule has 1 aromatic carbocycles. The van der Waals surface area contributed by atoms with Crippen LogP contribution in [0.15, 0.2) is 24.3 Å². The third-order valence-electron chi connectivity index (χ3n) is 4.01. The summed E-state index contributed by atoms with van der Waals surface area (Å²) >= 11 is 0. The van der Waals surface area contributed by atoms with Gasteiger partial charge in [0.2, 0.25) is 0 Å². The first-order valence-corrected chi connectivity index (χ1v) is 6.46. The highest BCUT2D eigenvalue weighted by Gasteiger charge is 2.42. The molecule has 19 heavy (non-hydrogen) atoms. The first-order valence-electron chi connectivity index (χ1n) is 6.46. The van der Waals surface area contributed by atoms with Gasteiger partial charge in [-0.05, 0) is 37.7 Å². The lowest BCUT2D eigenvalue weighted by atomic mass is 9.76. The minimum atomic E-state index is -4.12. The van der Waals surface area contributed by atoms with E-state index in [9.17, 15) is 17.6 Å². The van der Waals surface area contributed by atoms with Crippen LogP contribution in [0.25, 0.3) is 0 Å². The third kappa shape index (κ3) is 3.26. The van der Waals surface area contributed by atoms with Crippen LogP contribution in [-0.2, 0) is 0 Å². The lowest BCUT2D eigenvalue weighted by Crippen LogP contribution is -2.32. The zero-order valence-electron chi connectivity index (χ0n) is 10.5. The highest BCUT2D eigenvalue weighted by Crippen LogP contribution is 2.42. The fraction of sp³-hybridized carbons (Fsp3) is 0.571. The summed E-state index contributed by atoms with van der Waals surface area (Å²) in [5.74, 6) is -1.68. The van der Waals surface area contributed by atoms with E-state index in [1.807, 2.05) is 0 Å². The van der Waals surface area contributed by atoms with Crippen LogP contribution < -0.4 is 5.73 Å². The van der Waals surface area contributed by atoms with Crippen LogP contribution in [0.3, 0.4) is 0 Å². The molecule has 0 radical (unpaired) electrons. The summed E-state index contributed by atoms with van der Waals surface area (Å²) in [6.45, 7) is 0. The fourth-order valence-electron chi connectivity index (χ4n) is 2.81. The molecule has 1 nitrogen and oxygen atoms in total. The van der Waals surface area contributed by atoms with Gasteiger partial charge in [0.25, 0.3) is 0 Å². The van der Waals surface area contributed by atoms with Crippen molar-refractivity contribution in [2.45, 2.75) is 37.9 Å². The van der Waals surface area contributed by atoms with Crippen molar-refractivity contribution < 1.29 is 17.6 Å². The molecule has 1 saturated carbocycles. The molecule has 0 aromatic heterocycles. The standard InChI is InChI=1S/C14H17F4N/c15-12-4-2-1-3-11(12)13(19)9-5-7-10(8-6-9)14(16,17)18/h1-4,9-10,13H,5-8,19H2. The van der Waals surface area contributed by atoms with Gasteiger partial charge in [0.1, 0.15) is 5.82 Å². The molecule has 0 aliphatic heterocycles. The van der Waals surface area contributed by atoms with Gasteiger partial charge < -0.3 is 5.73 Å². The molecule has 0 amide bonds. The summed E-state index contributed by atoms with van der Waals surface area (Å²) in [7, 11) is 0. The van der Waals surface area contributed by atoms with Gasteiger partial charge in [-0.1, -0.05) is 18.2 Å². The molecule has 1 unspecified atom stereocenters. The molecule has 0 bridgehead atoms. The van der Waals surface area contributed by atoms with E-state index in [4.69, 9.17) is 5.73 Å². The summed E-state index contributed by atoms with van der Waals surface area (Å²) in [6, 6.07) is 5.69. The largest absolute Gasteiger partial charge is 0.391 e. The van der Waals surface area contributed by atoms with Gasteiger partial charge in [-0.25, -0.2) is 4.39 Å². The molecular formula is C14H17F4N. The zero-order chi connectivity index (χ0) is 14.0. The molecule has 1 fully saturated rings. The number of nitrogens with two attached hydrogens (primary N) is 1. The normalized spacial score (nSPS) is 26.2. The number of benzene rings is 1. The predicted octanol–water partition coefficient (Wildman–Crippen LogP) is 4.19. The Morgan fingerprint density at radius 3 is 2.16 bits per heavy atom. The van der Waals surface area contributed by atoms with Crippen LogP contribution in [0.2, 0.25) is 0 Å². The second kappa shape index (κ2) is 5.49. The maximum Gasteiger partial charge on any atom is 0.391 e. The van der Waals surface area contributed by atoms with Gasteiger partial charge in [-0.3, -0.25) is 0 Å². The fourth-order valence-corrected chi connectivity index (χ4v) is 2.81. The molecule has 0 saturated heterocycles. The van der Waals surface area contributed by atoms with Gasteiger partial charge in [0.05, 0.1) is 5.92 Å². The zero-order valence-corrected chi connectivity index (χ0v) is 10.5. The molecule has 5 heteroatoms. The Balaban J connectivity index is 2.00. The van der Waals surface area contributed by atoms with Crippen LogP contribution in [0.4, 0.5) is 17.6 Å². The minimum Gasteiger partial charge on any atom is -0.324 e. The SMILES string of the molecule is NC(c1ccccc1F)C1CCC(C(F)(F)F)CC1. The second-order valence-electron chi connectivity index (χ2n) is 5.20. The van der Waals surface area contributed by atoms with Gasteiger partial charge in [-0.15, -0.1) is 0 Å². The van der Waals surface area contributed by atoms with Crippen molar-refractivity contribution in [1.29, 1.82) is 0 Å². The van der Waals surface area contributed by atoms with Crippen LogP contribution in [0.1, 0.15) is 37.3 Å². The first-order chi connectivity index (χ1) is 8.89. The molecule has 2 rings (SSSR count). The smallest absolute Gasteiger partial charge is 0.324 e. The van der Waals surface area contributed by atoms with Crippen LogP contribution in [-0.4, -0.2) is 6.18 Å². The van der Waals surface area contributed by atoms with Gasteiger partial charge in [0.15, 0.2) is 0 Å². The molecule has 1 atom stereocenters. The summed E-state index contributed by atoms with van der Waals surface area (Å²) in [5, 5.41) is 0. The molecule has 106 valence electrons. The Bertz CT molecular complexity index is 422. The third-order valence-corrected chi connectivity index (χ3v) is 4.01. The first kappa shape index (κ1) is 14.3. The molecule has 1 aliphatic carbocycles. The Morgan fingerprint density at radius 2 is 1.63 bits per heavy atom. The molecule has 2 N–H and O–H groups in total. The lowest BCUT2D eigenvalue weighted by Gasteiger charge is -2.33. The molecular weight excluding hydrogens is 258 g/mol. The number of hydrogen-bond donors (Lipinski definition) is 1. The maximum atomic E-state index is 13.6. The molecule has 1 aliphatic rings. The Hall–Kier alpha value is -1.10. The number of alkyl halides is 3. The van der Waals surface area contributed by atoms with Crippen molar-refractivity contribution in [3.05, 3.63) is 35.6 Å². The van der Waals surface area contributed by atoms with Crippen molar-refractivity contribution >= 4 is 0 Å². The van der Waals surface area contributed by atoms with E-state index in [0.717, 1.165) is 0 Å². The summed E-state index contributed by atoms with van der Waals surface area (Å²) in [6.07, 6.45) is -3.13. The highest BCUT2D eigenvalue weighted by atomic mass is 19.4. The van der Waals surface area contributed by atoms with E-state index < -0.39 is 18.1 Å². The Labute approximate surface area is 109 Å². The van der Waals surface area contributed by atoms with E-state index in [-0.39, 0.29) is 24.6 Å². The monoisotopic (exact) mass is 275 g/mol. The van der Waals surface area contributed by atoms with Crippen molar-refractivity contribution in [2.75, 3.05) is 0 Å². The van der Waals surface area contributed by atoms with E-state index in [0.29, 0.717) is 18.4 Å². The predicted molar refractivity (Wildman–Crippen MR) is 64.8 cm³/mol. The van der Waals surface area contributed by atoms with Gasteiger partial charge >= 0.3 is 6.18 Å². The van der Waals surface area contributed by atoms with Gasteiger partial charge in [0, 0.05) is 11.6 Å². The van der Waals surface area contributed by atoms with E-state index in [1.54, 1.807) is 18.2 Å². The summed E-state index contributed by atoms with van der Waals surface area (Å²) in [4.78, 5) is 0. The van der Waals surface area contributed by atoms with Crippen molar-refractivity contribution in [3.8, 4) is 0 Å². The van der Waals surface area contributed by atoms with E-state index in [2.05, 4.69) is 0 Å². The summed E-state index contributed by atoms with van der Waals surface area (Å²) < 4.78 is 51.3. The van der Waals surface area contributed by atoms with Crippen molar-refractivity contribution in [1.82, 2.24) is 0 Å². The lowest BCUT2D eigenvalue weighted by molar-refractivity contribution is -0.184. The van der Waals surface area contributed by atoms with E-state index >= 15 is 0 Å². The Kier molecular flexibility index (Phi) is 4.13. The topological polar surface area (TPSA) is 26.0 Å². The van der Waals surface area contributed by atoms with Crippen molar-refractivity contribution in [2.24, 2.45) is 17.6 Å². The van der Waals surface area contributed by atoms with Crippen LogP contribution in [0, 0.1) is 17.7 Å². The van der Waals surface area contributed by atoms with Gasteiger partial charge in [-0.2, -0.15) is 13.2 Å². The Morgan fingerprint density at radius 1 is 1.05 bits per heavy atom. The van der Waals surface area contributed by atoms with E-state index in [1.165, 1.54) is 6.07 Å². The number of halogens is 4. The molecule has 1 aromatic rings. The minimum absolute atomic E-state index is 0.0736. The van der Waals surface area contributed by atoms with Crippen molar-refractivity contribution in [3.63, 3.8) is 0 Å². The maximum absolute atomic E-state index is 13.6.